The Morgan fingerprint density at radius 3 is 2.59 bits per heavy atom. The van der Waals surface area contributed by atoms with Crippen LogP contribution in [-0.4, -0.2) is 38.1 Å². The second-order valence-electron chi connectivity index (χ2n) is 6.55. The number of thioether (sulfide) groups is 1. The molecule has 0 N–H and O–H groups in total. The second kappa shape index (κ2) is 5.64. The van der Waals surface area contributed by atoms with Crippen molar-refractivity contribution in [1.29, 1.82) is 0 Å². The van der Waals surface area contributed by atoms with Crippen molar-refractivity contribution in [2.75, 3.05) is 18.1 Å². The molecule has 1 unspecified atom stereocenters. The normalized spacial score (nSPS) is 28.1. The van der Waals surface area contributed by atoms with Gasteiger partial charge in [0, 0.05) is 26.7 Å². The molecule has 100 valence electrons. The van der Waals surface area contributed by atoms with Gasteiger partial charge in [0.15, 0.2) is 5.79 Å². The molecule has 2 aliphatic rings. The minimum Gasteiger partial charge on any atom is -0.347 e. The van der Waals surface area contributed by atoms with Crippen molar-refractivity contribution in [3.05, 3.63) is 0 Å². The van der Waals surface area contributed by atoms with Crippen molar-refractivity contribution >= 4 is 19.8 Å². The monoisotopic (exact) mass is 274 g/mol. The van der Waals surface area contributed by atoms with Crippen LogP contribution in [0.2, 0.25) is 25.7 Å². The van der Waals surface area contributed by atoms with E-state index >= 15 is 0 Å². The molecular weight excluding hydrogens is 248 g/mol. The lowest BCUT2D eigenvalue weighted by molar-refractivity contribution is -0.159. The van der Waals surface area contributed by atoms with Crippen LogP contribution in [0.5, 0.6) is 0 Å². The molecule has 1 heterocycles. The van der Waals surface area contributed by atoms with Crippen molar-refractivity contribution in [3.63, 3.8) is 0 Å². The van der Waals surface area contributed by atoms with Gasteiger partial charge in [0.2, 0.25) is 0 Å². The van der Waals surface area contributed by atoms with E-state index in [0.29, 0.717) is 6.10 Å². The van der Waals surface area contributed by atoms with Crippen molar-refractivity contribution in [2.45, 2.75) is 63.3 Å². The maximum Gasteiger partial charge on any atom is 0.168 e. The summed E-state index contributed by atoms with van der Waals surface area (Å²) in [6, 6.07) is 1.41. The zero-order valence-corrected chi connectivity index (χ0v) is 13.3. The zero-order chi connectivity index (χ0) is 12.4. The fraction of sp³-hybridized carbons (Fsp3) is 1.00. The van der Waals surface area contributed by atoms with Crippen molar-refractivity contribution < 1.29 is 9.47 Å². The number of hydrogen-bond donors (Lipinski definition) is 0. The quantitative estimate of drug-likeness (QED) is 0.562. The van der Waals surface area contributed by atoms with E-state index in [1.54, 1.807) is 0 Å². The number of ether oxygens (including phenoxy) is 2. The van der Waals surface area contributed by atoms with Crippen LogP contribution in [-0.2, 0) is 9.47 Å². The molecule has 2 fully saturated rings. The number of hydrogen-bond acceptors (Lipinski definition) is 3. The van der Waals surface area contributed by atoms with Crippen LogP contribution in [0.1, 0.15) is 25.7 Å². The lowest BCUT2D eigenvalue weighted by Crippen LogP contribution is -2.27. The van der Waals surface area contributed by atoms with E-state index in [2.05, 4.69) is 19.6 Å². The largest absolute Gasteiger partial charge is 0.347 e. The highest BCUT2D eigenvalue weighted by Crippen LogP contribution is 2.39. The van der Waals surface area contributed by atoms with Gasteiger partial charge in [-0.3, -0.25) is 0 Å². The summed E-state index contributed by atoms with van der Waals surface area (Å²) in [6.07, 6.45) is 5.12. The van der Waals surface area contributed by atoms with Crippen LogP contribution in [0.25, 0.3) is 0 Å². The predicted molar refractivity (Wildman–Crippen MR) is 77.5 cm³/mol. The van der Waals surface area contributed by atoms with E-state index in [9.17, 15) is 0 Å². The molecule has 2 nitrogen and oxygen atoms in total. The van der Waals surface area contributed by atoms with Crippen molar-refractivity contribution in [3.8, 4) is 0 Å². The van der Waals surface area contributed by atoms with Gasteiger partial charge in [-0.15, -0.1) is 0 Å². The molecule has 2 rings (SSSR count). The standard InChI is InChI=1S/C13H26O2SSi/c1-17(2,3)9-8-16-11-12-10-14-13(15-12)6-4-5-7-13/h12H,4-11H2,1-3H3. The summed E-state index contributed by atoms with van der Waals surface area (Å²) in [6.45, 7) is 8.14. The third-order valence-electron chi connectivity index (χ3n) is 3.58. The first-order chi connectivity index (χ1) is 7.99. The average molecular weight is 275 g/mol. The van der Waals surface area contributed by atoms with Gasteiger partial charge in [0.25, 0.3) is 0 Å². The number of rotatable bonds is 5. The summed E-state index contributed by atoms with van der Waals surface area (Å²) >= 11 is 2.05. The topological polar surface area (TPSA) is 18.5 Å². The average Bonchev–Trinajstić information content (AvgIpc) is 2.84. The first-order valence-electron chi connectivity index (χ1n) is 6.89. The fourth-order valence-corrected chi connectivity index (χ4v) is 6.09. The van der Waals surface area contributed by atoms with E-state index in [4.69, 9.17) is 9.47 Å². The van der Waals surface area contributed by atoms with E-state index in [1.165, 1.54) is 24.6 Å². The lowest BCUT2D eigenvalue weighted by atomic mass is 10.2. The minimum absolute atomic E-state index is 0.163. The fourth-order valence-electron chi connectivity index (χ4n) is 2.47. The molecule has 1 spiro atoms. The Morgan fingerprint density at radius 2 is 1.94 bits per heavy atom. The Labute approximate surface area is 111 Å². The Morgan fingerprint density at radius 1 is 1.24 bits per heavy atom. The SMILES string of the molecule is C[Si](C)(C)CCSCC1COC2(CCCC2)O1. The summed E-state index contributed by atoms with van der Waals surface area (Å²) in [5.41, 5.74) is 0. The smallest absolute Gasteiger partial charge is 0.168 e. The molecule has 1 aliphatic carbocycles. The van der Waals surface area contributed by atoms with Crippen LogP contribution in [0.4, 0.5) is 0 Å². The van der Waals surface area contributed by atoms with E-state index < -0.39 is 8.07 Å². The zero-order valence-electron chi connectivity index (χ0n) is 11.5. The van der Waals surface area contributed by atoms with Gasteiger partial charge in [0.1, 0.15) is 0 Å². The van der Waals surface area contributed by atoms with Gasteiger partial charge in [-0.1, -0.05) is 19.6 Å². The molecule has 0 bridgehead atoms. The molecule has 0 amide bonds. The maximum absolute atomic E-state index is 6.11. The highest BCUT2D eigenvalue weighted by Gasteiger charge is 2.43. The van der Waals surface area contributed by atoms with E-state index in [0.717, 1.165) is 25.2 Å². The molecule has 1 atom stereocenters. The third kappa shape index (κ3) is 4.26. The Kier molecular flexibility index (Phi) is 4.61. The van der Waals surface area contributed by atoms with Crippen molar-refractivity contribution in [1.82, 2.24) is 0 Å². The molecule has 1 saturated heterocycles. The molecular formula is C13H26O2SSi. The lowest BCUT2D eigenvalue weighted by Gasteiger charge is -2.22. The van der Waals surface area contributed by atoms with Crippen LogP contribution >= 0.6 is 11.8 Å². The molecule has 0 radical (unpaired) electrons. The molecule has 17 heavy (non-hydrogen) atoms. The highest BCUT2D eigenvalue weighted by atomic mass is 32.2. The van der Waals surface area contributed by atoms with Crippen LogP contribution in [0, 0.1) is 0 Å². The maximum atomic E-state index is 6.11. The van der Waals surface area contributed by atoms with E-state index in [1.807, 2.05) is 11.8 Å². The van der Waals surface area contributed by atoms with Crippen LogP contribution in [0.15, 0.2) is 0 Å². The molecule has 0 aromatic rings. The minimum atomic E-state index is -0.859. The van der Waals surface area contributed by atoms with E-state index in [-0.39, 0.29) is 5.79 Å². The Hall–Kier alpha value is 0.487. The Bertz CT molecular complexity index is 246. The molecule has 1 saturated carbocycles. The van der Waals surface area contributed by atoms with Gasteiger partial charge >= 0.3 is 0 Å². The van der Waals surface area contributed by atoms with Gasteiger partial charge < -0.3 is 9.47 Å². The first kappa shape index (κ1) is 13.9. The van der Waals surface area contributed by atoms with Crippen LogP contribution < -0.4 is 0 Å². The summed E-state index contributed by atoms with van der Waals surface area (Å²) < 4.78 is 12.0. The second-order valence-corrected chi connectivity index (χ2v) is 13.3. The third-order valence-corrected chi connectivity index (χ3v) is 6.79. The van der Waals surface area contributed by atoms with Gasteiger partial charge in [0.05, 0.1) is 12.7 Å². The summed E-state index contributed by atoms with van der Waals surface area (Å²) in [5.74, 6) is 2.25. The summed E-state index contributed by atoms with van der Waals surface area (Å²) in [7, 11) is -0.859. The van der Waals surface area contributed by atoms with Crippen LogP contribution in [0.3, 0.4) is 0 Å². The predicted octanol–water partition coefficient (Wildman–Crippen LogP) is 3.74. The molecule has 0 aromatic carbocycles. The van der Waals surface area contributed by atoms with Gasteiger partial charge in [-0.25, -0.2) is 0 Å². The summed E-state index contributed by atoms with van der Waals surface area (Å²) in [4.78, 5) is 0. The molecule has 4 heteroatoms. The first-order valence-corrected chi connectivity index (χ1v) is 11.7. The van der Waals surface area contributed by atoms with Gasteiger partial charge in [-0.2, -0.15) is 11.8 Å². The molecule has 1 aliphatic heterocycles. The molecule has 0 aromatic heterocycles. The highest BCUT2D eigenvalue weighted by molar-refractivity contribution is 7.99. The Balaban J connectivity index is 1.62. The van der Waals surface area contributed by atoms with Gasteiger partial charge in [-0.05, 0) is 24.6 Å². The van der Waals surface area contributed by atoms with Crippen molar-refractivity contribution in [2.24, 2.45) is 0 Å². The summed E-state index contributed by atoms with van der Waals surface area (Å²) in [5, 5.41) is 0.